The van der Waals surface area contributed by atoms with Crippen LogP contribution in [0.1, 0.15) is 36.8 Å². The molecule has 1 amide bonds. The average Bonchev–Trinajstić information content (AvgIpc) is 3.02. The number of primary amides is 1. The number of aromatic hydroxyl groups is 1. The van der Waals surface area contributed by atoms with Crippen LogP contribution in [0.25, 0.3) is 28.2 Å². The van der Waals surface area contributed by atoms with E-state index < -0.39 is 11.6 Å². The van der Waals surface area contributed by atoms with E-state index in [1.54, 1.807) is 18.2 Å². The zero-order valence-corrected chi connectivity index (χ0v) is 16.8. The number of phenols is 1. The second kappa shape index (κ2) is 6.84. The highest BCUT2D eigenvalue weighted by Gasteiger charge is 2.21. The number of carbonyl (C=O) groups excluding carboxylic acids is 1. The summed E-state index contributed by atoms with van der Waals surface area (Å²) in [6.45, 7) is 6.31. The molecule has 2 aromatic carbocycles. The summed E-state index contributed by atoms with van der Waals surface area (Å²) in [6, 6.07) is 14.0. The highest BCUT2D eigenvalue weighted by molar-refractivity contribution is 6.02. The average molecular weight is 403 g/mol. The molecule has 0 spiro atoms. The van der Waals surface area contributed by atoms with Crippen LogP contribution in [0.5, 0.6) is 5.75 Å². The number of H-pyrrole nitrogens is 1. The van der Waals surface area contributed by atoms with Gasteiger partial charge in [-0.25, -0.2) is 19.3 Å². The number of nitrogens with two attached hydrogens (primary N) is 1. The molecule has 0 aliphatic rings. The van der Waals surface area contributed by atoms with Gasteiger partial charge in [-0.3, -0.25) is 4.79 Å². The molecular formula is C22H21N5O3. The molecule has 0 radical (unpaired) electrons. The van der Waals surface area contributed by atoms with E-state index in [1.165, 1.54) is 10.6 Å². The predicted molar refractivity (Wildman–Crippen MR) is 114 cm³/mol. The van der Waals surface area contributed by atoms with Gasteiger partial charge in [-0.1, -0.05) is 45.0 Å². The monoisotopic (exact) mass is 403 g/mol. The SMILES string of the molecule is CC(C)(C)c1ccc(-n2c(=O)[nH]c3c(C(N)=O)nc(-c4ccccc4O)nc32)cc1. The molecule has 0 bridgehead atoms. The van der Waals surface area contributed by atoms with Gasteiger partial charge in [0.25, 0.3) is 5.91 Å². The van der Waals surface area contributed by atoms with Crippen LogP contribution in [-0.4, -0.2) is 30.5 Å². The Kier molecular flexibility index (Phi) is 4.42. The fourth-order valence-electron chi connectivity index (χ4n) is 3.30. The van der Waals surface area contributed by atoms with Crippen molar-refractivity contribution in [2.75, 3.05) is 0 Å². The summed E-state index contributed by atoms with van der Waals surface area (Å²) in [7, 11) is 0. The molecule has 0 unspecified atom stereocenters. The molecule has 30 heavy (non-hydrogen) atoms. The van der Waals surface area contributed by atoms with Gasteiger partial charge in [0.1, 0.15) is 11.3 Å². The van der Waals surface area contributed by atoms with Crippen LogP contribution in [0.15, 0.2) is 53.3 Å². The summed E-state index contributed by atoms with van der Waals surface area (Å²) in [5.74, 6) is -0.768. The number of benzene rings is 2. The van der Waals surface area contributed by atoms with Crippen molar-refractivity contribution >= 4 is 17.1 Å². The minimum atomic E-state index is -0.810. The van der Waals surface area contributed by atoms with Gasteiger partial charge in [-0.05, 0) is 35.2 Å². The van der Waals surface area contributed by atoms with E-state index in [0.717, 1.165) is 5.56 Å². The molecule has 0 saturated carbocycles. The van der Waals surface area contributed by atoms with E-state index >= 15 is 0 Å². The third kappa shape index (κ3) is 3.22. The summed E-state index contributed by atoms with van der Waals surface area (Å²) in [5, 5.41) is 10.2. The lowest BCUT2D eigenvalue weighted by molar-refractivity contribution is 0.0997. The maximum Gasteiger partial charge on any atom is 0.332 e. The van der Waals surface area contributed by atoms with E-state index in [0.29, 0.717) is 11.3 Å². The molecule has 4 rings (SSSR count). The van der Waals surface area contributed by atoms with Crippen LogP contribution < -0.4 is 11.4 Å². The number of aromatic amines is 1. The molecule has 0 fully saturated rings. The smallest absolute Gasteiger partial charge is 0.332 e. The maximum atomic E-state index is 12.7. The van der Waals surface area contributed by atoms with E-state index in [-0.39, 0.29) is 33.8 Å². The Morgan fingerprint density at radius 3 is 2.33 bits per heavy atom. The van der Waals surface area contributed by atoms with Crippen LogP contribution in [0.4, 0.5) is 0 Å². The zero-order valence-electron chi connectivity index (χ0n) is 16.8. The van der Waals surface area contributed by atoms with Crippen molar-refractivity contribution in [2.45, 2.75) is 26.2 Å². The first-order chi connectivity index (χ1) is 14.2. The highest BCUT2D eigenvalue weighted by atomic mass is 16.3. The molecule has 0 aliphatic heterocycles. The first-order valence-electron chi connectivity index (χ1n) is 9.38. The molecule has 0 aliphatic carbocycles. The first kappa shape index (κ1) is 19.4. The Hall–Kier alpha value is -3.94. The number of fused-ring (bicyclic) bond motifs is 1. The quantitative estimate of drug-likeness (QED) is 0.485. The van der Waals surface area contributed by atoms with E-state index in [2.05, 4.69) is 35.7 Å². The van der Waals surface area contributed by atoms with Crippen molar-refractivity contribution in [1.82, 2.24) is 19.5 Å². The number of rotatable bonds is 3. The second-order valence-corrected chi connectivity index (χ2v) is 8.04. The number of carbonyl (C=O) groups is 1. The van der Waals surface area contributed by atoms with E-state index in [4.69, 9.17) is 5.73 Å². The Labute approximate surface area is 172 Å². The van der Waals surface area contributed by atoms with Gasteiger partial charge in [-0.2, -0.15) is 0 Å². The van der Waals surface area contributed by atoms with Crippen molar-refractivity contribution in [3.63, 3.8) is 0 Å². The predicted octanol–water partition coefficient (Wildman–Crippen LogP) is 2.88. The van der Waals surface area contributed by atoms with Crippen LogP contribution in [0.3, 0.4) is 0 Å². The van der Waals surface area contributed by atoms with Gasteiger partial charge in [-0.15, -0.1) is 0 Å². The number of amides is 1. The van der Waals surface area contributed by atoms with Crippen molar-refractivity contribution in [1.29, 1.82) is 0 Å². The number of hydrogen-bond acceptors (Lipinski definition) is 5. The van der Waals surface area contributed by atoms with Gasteiger partial charge in [0.2, 0.25) is 0 Å². The number of aromatic nitrogens is 4. The fourth-order valence-corrected chi connectivity index (χ4v) is 3.30. The van der Waals surface area contributed by atoms with Crippen molar-refractivity contribution < 1.29 is 9.90 Å². The normalized spacial score (nSPS) is 11.7. The molecular weight excluding hydrogens is 382 g/mol. The Morgan fingerprint density at radius 2 is 1.73 bits per heavy atom. The summed E-state index contributed by atoms with van der Waals surface area (Å²) in [4.78, 5) is 36.1. The van der Waals surface area contributed by atoms with E-state index in [1.807, 2.05) is 24.3 Å². The number of nitrogens with one attached hydrogen (secondary N) is 1. The third-order valence-electron chi connectivity index (χ3n) is 4.91. The standard InChI is InChI=1S/C22H21N5O3/c1-22(2,3)12-8-10-13(11-9-12)27-20-17(25-21(27)30)16(18(23)29)24-19(26-20)14-6-4-5-7-15(14)28/h4-11,28H,1-3H3,(H2,23,29)(H,25,30). The number of para-hydroxylation sites is 1. The molecule has 2 aromatic heterocycles. The van der Waals surface area contributed by atoms with Gasteiger partial charge in [0.05, 0.1) is 11.3 Å². The van der Waals surface area contributed by atoms with Crippen LogP contribution in [0, 0.1) is 0 Å². The number of hydrogen-bond donors (Lipinski definition) is 3. The van der Waals surface area contributed by atoms with Crippen LogP contribution >= 0.6 is 0 Å². The molecule has 0 saturated heterocycles. The van der Waals surface area contributed by atoms with Crippen molar-refractivity contribution in [2.24, 2.45) is 5.73 Å². The summed E-state index contributed by atoms with van der Waals surface area (Å²) >= 11 is 0. The number of phenolic OH excluding ortho intramolecular Hbond substituents is 1. The van der Waals surface area contributed by atoms with E-state index in [9.17, 15) is 14.7 Å². The lowest BCUT2D eigenvalue weighted by atomic mass is 9.87. The number of nitrogens with zero attached hydrogens (tertiary/aromatic N) is 3. The minimum absolute atomic E-state index is 0.0387. The lowest BCUT2D eigenvalue weighted by Gasteiger charge is -2.19. The Morgan fingerprint density at radius 1 is 1.07 bits per heavy atom. The molecule has 8 nitrogen and oxygen atoms in total. The Bertz CT molecular complexity index is 1330. The van der Waals surface area contributed by atoms with Gasteiger partial charge < -0.3 is 15.8 Å². The summed E-state index contributed by atoms with van der Waals surface area (Å²) in [6.07, 6.45) is 0. The fraction of sp³-hybridized carbons (Fsp3) is 0.182. The minimum Gasteiger partial charge on any atom is -0.507 e. The first-order valence-corrected chi connectivity index (χ1v) is 9.38. The molecule has 0 atom stereocenters. The van der Waals surface area contributed by atoms with Crippen molar-refractivity contribution in [3.8, 4) is 22.8 Å². The topological polar surface area (TPSA) is 127 Å². The molecule has 4 N–H and O–H groups in total. The largest absolute Gasteiger partial charge is 0.507 e. The molecule has 2 heterocycles. The summed E-state index contributed by atoms with van der Waals surface area (Å²) in [5.41, 5.74) is 7.23. The Balaban J connectivity index is 2.00. The highest BCUT2D eigenvalue weighted by Crippen LogP contribution is 2.28. The lowest BCUT2D eigenvalue weighted by Crippen LogP contribution is -2.16. The van der Waals surface area contributed by atoms with Gasteiger partial charge in [0, 0.05) is 0 Å². The van der Waals surface area contributed by atoms with Crippen LogP contribution in [0.2, 0.25) is 0 Å². The van der Waals surface area contributed by atoms with Gasteiger partial charge in [0.15, 0.2) is 17.2 Å². The molecule has 152 valence electrons. The summed E-state index contributed by atoms with van der Waals surface area (Å²) < 4.78 is 1.36. The van der Waals surface area contributed by atoms with Gasteiger partial charge >= 0.3 is 5.69 Å². The molecule has 4 aromatic rings. The maximum absolute atomic E-state index is 12.7. The third-order valence-corrected chi connectivity index (χ3v) is 4.91. The zero-order chi connectivity index (χ0) is 21.6. The molecule has 8 heteroatoms. The van der Waals surface area contributed by atoms with Crippen LogP contribution in [-0.2, 0) is 5.41 Å². The van der Waals surface area contributed by atoms with Crippen molar-refractivity contribution in [3.05, 3.63) is 70.3 Å². The second-order valence-electron chi connectivity index (χ2n) is 8.04. The number of imidazole rings is 1.